The number of hydrogen-bond donors (Lipinski definition) is 1. The molecule has 0 heterocycles. The van der Waals surface area contributed by atoms with E-state index in [9.17, 15) is 9.90 Å². The van der Waals surface area contributed by atoms with E-state index in [0.29, 0.717) is 22.3 Å². The Morgan fingerprint density at radius 1 is 1.10 bits per heavy atom. The summed E-state index contributed by atoms with van der Waals surface area (Å²) < 4.78 is 0. The van der Waals surface area contributed by atoms with E-state index in [0.717, 1.165) is 5.56 Å². The van der Waals surface area contributed by atoms with Crippen LogP contribution in [0, 0.1) is 0 Å². The average Bonchev–Trinajstić information content (AvgIpc) is 2.41. The predicted molar refractivity (Wildman–Crippen MR) is 82.0 cm³/mol. The maximum absolute atomic E-state index is 11.2. The molecule has 0 atom stereocenters. The summed E-state index contributed by atoms with van der Waals surface area (Å²) in [6.45, 7) is 0.567. The number of anilines is 1. The number of nitrogens with zero attached hydrogens (tertiary/aromatic N) is 1. The number of benzene rings is 2. The Labute approximate surface area is 127 Å². The van der Waals surface area contributed by atoms with E-state index in [4.69, 9.17) is 23.2 Å². The van der Waals surface area contributed by atoms with Crippen LogP contribution in [-0.4, -0.2) is 18.1 Å². The van der Waals surface area contributed by atoms with Gasteiger partial charge in [-0.15, -0.1) is 0 Å². The second-order valence-electron chi connectivity index (χ2n) is 4.45. The third kappa shape index (κ3) is 3.44. The highest BCUT2D eigenvalue weighted by atomic mass is 35.5. The second-order valence-corrected chi connectivity index (χ2v) is 5.32. The summed E-state index contributed by atoms with van der Waals surface area (Å²) in [6, 6.07) is 12.2. The lowest BCUT2D eigenvalue weighted by molar-refractivity contribution is 0.0697. The first kappa shape index (κ1) is 14.7. The fourth-order valence-corrected chi connectivity index (χ4v) is 2.24. The molecule has 2 aromatic rings. The van der Waals surface area contributed by atoms with Crippen molar-refractivity contribution in [3.05, 3.63) is 63.6 Å². The van der Waals surface area contributed by atoms with Crippen molar-refractivity contribution in [1.29, 1.82) is 0 Å². The molecule has 104 valence electrons. The van der Waals surface area contributed by atoms with Crippen LogP contribution in [0.3, 0.4) is 0 Å². The topological polar surface area (TPSA) is 40.5 Å². The lowest BCUT2D eigenvalue weighted by Crippen LogP contribution is -2.19. The van der Waals surface area contributed by atoms with E-state index < -0.39 is 5.97 Å². The molecule has 0 fully saturated rings. The molecule has 1 N–H and O–H groups in total. The Hall–Kier alpha value is -1.71. The Bertz CT molecular complexity index is 626. The summed E-state index contributed by atoms with van der Waals surface area (Å²) in [4.78, 5) is 13.1. The van der Waals surface area contributed by atoms with Gasteiger partial charge in [0.1, 0.15) is 0 Å². The van der Waals surface area contributed by atoms with Gasteiger partial charge in [-0.2, -0.15) is 0 Å². The molecule has 2 aromatic carbocycles. The molecule has 0 amide bonds. The predicted octanol–water partition coefficient (Wildman–Crippen LogP) is 4.33. The average molecular weight is 310 g/mol. The molecule has 0 aliphatic rings. The minimum absolute atomic E-state index is 0.228. The molecule has 0 spiro atoms. The molecule has 0 aliphatic carbocycles. The molecule has 0 aliphatic heterocycles. The van der Waals surface area contributed by atoms with E-state index in [1.165, 1.54) is 6.07 Å². The van der Waals surface area contributed by atoms with Crippen molar-refractivity contribution < 1.29 is 9.90 Å². The molecule has 0 bridgehead atoms. The van der Waals surface area contributed by atoms with Gasteiger partial charge in [0.25, 0.3) is 0 Å². The Kier molecular flexibility index (Phi) is 4.53. The molecular formula is C15H13Cl2NO2. The van der Waals surface area contributed by atoms with E-state index in [1.54, 1.807) is 24.3 Å². The minimum Gasteiger partial charge on any atom is -0.478 e. The van der Waals surface area contributed by atoms with Crippen molar-refractivity contribution in [2.75, 3.05) is 11.9 Å². The summed E-state index contributed by atoms with van der Waals surface area (Å²) >= 11 is 11.8. The van der Waals surface area contributed by atoms with E-state index in [1.807, 2.05) is 24.1 Å². The van der Waals surface area contributed by atoms with Gasteiger partial charge in [0.15, 0.2) is 0 Å². The van der Waals surface area contributed by atoms with Crippen LogP contribution < -0.4 is 4.90 Å². The van der Waals surface area contributed by atoms with E-state index in [-0.39, 0.29) is 5.56 Å². The fraction of sp³-hybridized carbons (Fsp3) is 0.133. The second kappa shape index (κ2) is 6.16. The third-order valence-corrected chi connectivity index (χ3v) is 3.42. The van der Waals surface area contributed by atoms with E-state index in [2.05, 4.69) is 0 Å². The van der Waals surface area contributed by atoms with Crippen LogP contribution in [0.2, 0.25) is 10.0 Å². The van der Waals surface area contributed by atoms with Crippen LogP contribution in [-0.2, 0) is 6.54 Å². The first-order valence-corrected chi connectivity index (χ1v) is 6.71. The lowest BCUT2D eigenvalue weighted by atomic mass is 10.1. The number of carboxylic acids is 1. The van der Waals surface area contributed by atoms with E-state index >= 15 is 0 Å². The van der Waals surface area contributed by atoms with Crippen LogP contribution in [0.1, 0.15) is 15.9 Å². The summed E-state index contributed by atoms with van der Waals surface area (Å²) in [6.07, 6.45) is 0. The molecule has 2 rings (SSSR count). The van der Waals surface area contributed by atoms with Crippen LogP contribution in [0.5, 0.6) is 0 Å². The van der Waals surface area contributed by atoms with Gasteiger partial charge < -0.3 is 10.0 Å². The molecule has 0 radical (unpaired) electrons. The monoisotopic (exact) mass is 309 g/mol. The summed E-state index contributed by atoms with van der Waals surface area (Å²) in [5.41, 5.74) is 1.85. The smallest absolute Gasteiger partial charge is 0.337 e. The minimum atomic E-state index is -0.973. The quantitative estimate of drug-likeness (QED) is 0.914. The van der Waals surface area contributed by atoms with Gasteiger partial charge in [-0.3, -0.25) is 0 Å². The van der Waals surface area contributed by atoms with Crippen molar-refractivity contribution in [3.63, 3.8) is 0 Å². The number of hydrogen-bond acceptors (Lipinski definition) is 2. The number of carbonyl (C=O) groups is 1. The first-order valence-electron chi connectivity index (χ1n) is 5.96. The maximum Gasteiger partial charge on any atom is 0.337 e. The molecule has 0 saturated heterocycles. The van der Waals surface area contributed by atoms with Gasteiger partial charge in [-0.25, -0.2) is 4.79 Å². The highest BCUT2D eigenvalue weighted by Crippen LogP contribution is 2.25. The molecule has 3 nitrogen and oxygen atoms in total. The van der Waals surface area contributed by atoms with Gasteiger partial charge in [-0.05, 0) is 35.9 Å². The third-order valence-electron chi connectivity index (χ3n) is 2.93. The molecular weight excluding hydrogens is 297 g/mol. The molecule has 5 heteroatoms. The van der Waals surface area contributed by atoms with Crippen LogP contribution in [0.15, 0.2) is 42.5 Å². The molecule has 0 saturated carbocycles. The van der Waals surface area contributed by atoms with Crippen molar-refractivity contribution in [2.45, 2.75) is 6.54 Å². The number of aromatic carboxylic acids is 1. The van der Waals surface area contributed by atoms with Crippen molar-refractivity contribution in [1.82, 2.24) is 0 Å². The van der Waals surface area contributed by atoms with Gasteiger partial charge in [0, 0.05) is 23.6 Å². The fourth-order valence-electron chi connectivity index (χ4n) is 1.95. The van der Waals surface area contributed by atoms with Crippen LogP contribution in [0.4, 0.5) is 5.69 Å². The zero-order valence-electron chi connectivity index (χ0n) is 10.8. The highest BCUT2D eigenvalue weighted by molar-refractivity contribution is 6.31. The standard InChI is InChI=1S/C15H13Cl2NO2/c1-18(9-10-2-4-11(16)5-3-10)14-8-12(17)6-7-13(14)15(19)20/h2-8H,9H2,1H3,(H,19,20). The van der Waals surface area contributed by atoms with Crippen molar-refractivity contribution in [3.8, 4) is 0 Å². The Balaban J connectivity index is 2.28. The zero-order chi connectivity index (χ0) is 14.7. The Morgan fingerprint density at radius 3 is 2.30 bits per heavy atom. The molecule has 0 aromatic heterocycles. The molecule has 0 unspecified atom stereocenters. The first-order chi connectivity index (χ1) is 9.47. The van der Waals surface area contributed by atoms with Gasteiger partial charge in [0.05, 0.1) is 11.3 Å². The zero-order valence-corrected chi connectivity index (χ0v) is 12.3. The summed E-state index contributed by atoms with van der Waals surface area (Å²) in [7, 11) is 1.83. The lowest BCUT2D eigenvalue weighted by Gasteiger charge is -2.21. The Morgan fingerprint density at radius 2 is 1.70 bits per heavy atom. The summed E-state index contributed by atoms with van der Waals surface area (Å²) in [5, 5.41) is 10.4. The highest BCUT2D eigenvalue weighted by Gasteiger charge is 2.14. The number of rotatable bonds is 4. The molecule has 20 heavy (non-hydrogen) atoms. The van der Waals surface area contributed by atoms with Crippen LogP contribution in [0.25, 0.3) is 0 Å². The maximum atomic E-state index is 11.2. The normalized spacial score (nSPS) is 10.3. The SMILES string of the molecule is CN(Cc1ccc(Cl)cc1)c1cc(Cl)ccc1C(=O)O. The van der Waals surface area contributed by atoms with Gasteiger partial charge in [0.2, 0.25) is 0 Å². The van der Waals surface area contributed by atoms with Gasteiger partial charge in [-0.1, -0.05) is 35.3 Å². The number of carboxylic acid groups (broad SMARTS) is 1. The van der Waals surface area contributed by atoms with Crippen LogP contribution >= 0.6 is 23.2 Å². The number of halogens is 2. The van der Waals surface area contributed by atoms with Crippen molar-refractivity contribution >= 4 is 34.9 Å². The van der Waals surface area contributed by atoms with Gasteiger partial charge >= 0.3 is 5.97 Å². The largest absolute Gasteiger partial charge is 0.478 e. The summed E-state index contributed by atoms with van der Waals surface area (Å²) in [5.74, 6) is -0.973. The van der Waals surface area contributed by atoms with Crippen molar-refractivity contribution in [2.24, 2.45) is 0 Å².